The quantitative estimate of drug-likeness (QED) is 0.748. The SMILES string of the molecule is O=C(CNCC1CCCC1)NC1CCCC1. The maximum Gasteiger partial charge on any atom is 0.234 e. The summed E-state index contributed by atoms with van der Waals surface area (Å²) in [7, 11) is 0. The molecule has 2 aliphatic rings. The Morgan fingerprint density at radius 2 is 1.62 bits per heavy atom. The van der Waals surface area contributed by atoms with E-state index in [0.29, 0.717) is 12.6 Å². The van der Waals surface area contributed by atoms with Gasteiger partial charge in [-0.25, -0.2) is 0 Å². The third-order valence-electron chi connectivity index (χ3n) is 3.91. The van der Waals surface area contributed by atoms with E-state index in [4.69, 9.17) is 0 Å². The molecule has 0 heterocycles. The Labute approximate surface area is 98.4 Å². The molecule has 2 rings (SSSR count). The Balaban J connectivity index is 1.52. The minimum absolute atomic E-state index is 0.185. The van der Waals surface area contributed by atoms with Crippen molar-refractivity contribution in [2.75, 3.05) is 13.1 Å². The Morgan fingerprint density at radius 1 is 1.00 bits per heavy atom. The van der Waals surface area contributed by atoms with Crippen LogP contribution in [0.25, 0.3) is 0 Å². The maximum atomic E-state index is 11.6. The number of hydrogen-bond donors (Lipinski definition) is 2. The van der Waals surface area contributed by atoms with Gasteiger partial charge in [0.15, 0.2) is 0 Å². The van der Waals surface area contributed by atoms with E-state index in [0.717, 1.165) is 12.5 Å². The predicted octanol–water partition coefficient (Wildman–Crippen LogP) is 1.82. The molecule has 0 spiro atoms. The lowest BCUT2D eigenvalue weighted by atomic mass is 10.1. The van der Waals surface area contributed by atoms with E-state index in [2.05, 4.69) is 10.6 Å². The molecule has 0 bridgehead atoms. The van der Waals surface area contributed by atoms with Gasteiger partial charge in [-0.1, -0.05) is 25.7 Å². The third-order valence-corrected chi connectivity index (χ3v) is 3.91. The minimum atomic E-state index is 0.185. The zero-order valence-corrected chi connectivity index (χ0v) is 10.1. The highest BCUT2D eigenvalue weighted by atomic mass is 16.1. The van der Waals surface area contributed by atoms with Gasteiger partial charge in [-0.15, -0.1) is 0 Å². The fraction of sp³-hybridized carbons (Fsp3) is 0.923. The topological polar surface area (TPSA) is 41.1 Å². The standard InChI is InChI=1S/C13H24N2O/c16-13(15-12-7-3-4-8-12)10-14-9-11-5-1-2-6-11/h11-12,14H,1-10H2,(H,15,16). The zero-order valence-electron chi connectivity index (χ0n) is 10.1. The first kappa shape index (κ1) is 11.9. The fourth-order valence-electron chi connectivity index (χ4n) is 2.95. The van der Waals surface area contributed by atoms with Gasteiger partial charge in [-0.05, 0) is 38.1 Å². The maximum absolute atomic E-state index is 11.6. The second-order valence-corrected chi connectivity index (χ2v) is 5.33. The van der Waals surface area contributed by atoms with Gasteiger partial charge >= 0.3 is 0 Å². The number of nitrogens with one attached hydrogen (secondary N) is 2. The smallest absolute Gasteiger partial charge is 0.234 e. The van der Waals surface area contributed by atoms with Crippen molar-refractivity contribution in [3.05, 3.63) is 0 Å². The molecule has 2 fully saturated rings. The zero-order chi connectivity index (χ0) is 11.2. The predicted molar refractivity (Wildman–Crippen MR) is 65.2 cm³/mol. The van der Waals surface area contributed by atoms with Gasteiger partial charge in [0.1, 0.15) is 0 Å². The molecular weight excluding hydrogens is 200 g/mol. The molecule has 3 heteroatoms. The average Bonchev–Trinajstić information content (AvgIpc) is 2.90. The van der Waals surface area contributed by atoms with Crippen LogP contribution >= 0.6 is 0 Å². The normalized spacial score (nSPS) is 22.8. The van der Waals surface area contributed by atoms with Crippen LogP contribution in [0.2, 0.25) is 0 Å². The Morgan fingerprint density at radius 3 is 2.31 bits per heavy atom. The van der Waals surface area contributed by atoms with Crippen LogP contribution in [-0.2, 0) is 4.79 Å². The molecule has 2 N–H and O–H groups in total. The Bertz CT molecular complexity index is 218. The molecule has 0 aromatic rings. The molecule has 0 atom stereocenters. The van der Waals surface area contributed by atoms with Crippen molar-refractivity contribution in [1.29, 1.82) is 0 Å². The molecule has 92 valence electrons. The summed E-state index contributed by atoms with van der Waals surface area (Å²) in [4.78, 5) is 11.6. The van der Waals surface area contributed by atoms with Crippen molar-refractivity contribution in [2.24, 2.45) is 5.92 Å². The molecule has 2 saturated carbocycles. The van der Waals surface area contributed by atoms with Crippen LogP contribution in [-0.4, -0.2) is 25.0 Å². The average molecular weight is 224 g/mol. The lowest BCUT2D eigenvalue weighted by Crippen LogP contribution is -2.40. The summed E-state index contributed by atoms with van der Waals surface area (Å²) in [6, 6.07) is 0.459. The van der Waals surface area contributed by atoms with Crippen molar-refractivity contribution in [3.63, 3.8) is 0 Å². The molecule has 3 nitrogen and oxygen atoms in total. The highest BCUT2D eigenvalue weighted by Crippen LogP contribution is 2.23. The molecule has 0 aromatic heterocycles. The molecular formula is C13H24N2O. The van der Waals surface area contributed by atoms with Crippen LogP contribution in [0.1, 0.15) is 51.4 Å². The summed E-state index contributed by atoms with van der Waals surface area (Å²) in [6.45, 7) is 1.53. The van der Waals surface area contributed by atoms with Crippen molar-refractivity contribution < 1.29 is 4.79 Å². The molecule has 0 unspecified atom stereocenters. The van der Waals surface area contributed by atoms with E-state index in [1.807, 2.05) is 0 Å². The van der Waals surface area contributed by atoms with Crippen molar-refractivity contribution >= 4 is 5.91 Å². The largest absolute Gasteiger partial charge is 0.352 e. The first-order valence-electron chi connectivity index (χ1n) is 6.84. The molecule has 1 amide bonds. The number of carbonyl (C=O) groups excluding carboxylic acids is 1. The van der Waals surface area contributed by atoms with Crippen LogP contribution < -0.4 is 10.6 Å². The van der Waals surface area contributed by atoms with Gasteiger partial charge in [0.25, 0.3) is 0 Å². The lowest BCUT2D eigenvalue weighted by molar-refractivity contribution is -0.120. The van der Waals surface area contributed by atoms with Gasteiger partial charge in [0.05, 0.1) is 6.54 Å². The van der Waals surface area contributed by atoms with Crippen molar-refractivity contribution in [3.8, 4) is 0 Å². The van der Waals surface area contributed by atoms with Gasteiger partial charge in [0.2, 0.25) is 5.91 Å². The van der Waals surface area contributed by atoms with Gasteiger partial charge < -0.3 is 10.6 Å². The summed E-state index contributed by atoms with van der Waals surface area (Å²) in [5.41, 5.74) is 0. The first-order chi connectivity index (χ1) is 7.84. The number of rotatable bonds is 5. The molecule has 0 aromatic carbocycles. The molecule has 0 saturated heterocycles. The summed E-state index contributed by atoms with van der Waals surface area (Å²) in [5.74, 6) is 1.00. The van der Waals surface area contributed by atoms with E-state index in [9.17, 15) is 4.79 Å². The van der Waals surface area contributed by atoms with Crippen LogP contribution in [0.4, 0.5) is 0 Å². The van der Waals surface area contributed by atoms with E-state index in [1.54, 1.807) is 0 Å². The van der Waals surface area contributed by atoms with Gasteiger partial charge in [-0.3, -0.25) is 4.79 Å². The van der Waals surface area contributed by atoms with E-state index >= 15 is 0 Å². The van der Waals surface area contributed by atoms with E-state index in [-0.39, 0.29) is 5.91 Å². The second kappa shape index (κ2) is 6.24. The molecule has 2 aliphatic carbocycles. The monoisotopic (exact) mass is 224 g/mol. The highest BCUT2D eigenvalue weighted by Gasteiger charge is 2.18. The first-order valence-corrected chi connectivity index (χ1v) is 6.84. The Kier molecular flexibility index (Phi) is 4.64. The fourth-order valence-corrected chi connectivity index (χ4v) is 2.95. The van der Waals surface area contributed by atoms with Crippen LogP contribution in [0.3, 0.4) is 0 Å². The second-order valence-electron chi connectivity index (χ2n) is 5.33. The molecule has 0 aliphatic heterocycles. The van der Waals surface area contributed by atoms with Crippen molar-refractivity contribution in [1.82, 2.24) is 10.6 Å². The summed E-state index contributed by atoms with van der Waals surface area (Å²) < 4.78 is 0. The van der Waals surface area contributed by atoms with E-state index in [1.165, 1.54) is 51.4 Å². The van der Waals surface area contributed by atoms with Crippen molar-refractivity contribution in [2.45, 2.75) is 57.4 Å². The molecule has 0 radical (unpaired) electrons. The van der Waals surface area contributed by atoms with Gasteiger partial charge in [-0.2, -0.15) is 0 Å². The number of carbonyl (C=O) groups is 1. The van der Waals surface area contributed by atoms with E-state index < -0.39 is 0 Å². The van der Waals surface area contributed by atoms with Gasteiger partial charge in [0, 0.05) is 6.04 Å². The minimum Gasteiger partial charge on any atom is -0.352 e. The number of amides is 1. The lowest BCUT2D eigenvalue weighted by Gasteiger charge is -2.13. The highest BCUT2D eigenvalue weighted by molar-refractivity contribution is 5.78. The summed E-state index contributed by atoms with van der Waals surface area (Å²) in [5, 5.41) is 6.39. The third kappa shape index (κ3) is 3.78. The molecule has 16 heavy (non-hydrogen) atoms. The number of hydrogen-bond acceptors (Lipinski definition) is 2. The van der Waals surface area contributed by atoms with Crippen LogP contribution in [0.5, 0.6) is 0 Å². The Hall–Kier alpha value is -0.570. The van der Waals surface area contributed by atoms with Crippen LogP contribution in [0.15, 0.2) is 0 Å². The van der Waals surface area contributed by atoms with Crippen LogP contribution in [0, 0.1) is 5.92 Å². The summed E-state index contributed by atoms with van der Waals surface area (Å²) in [6.07, 6.45) is 10.3. The summed E-state index contributed by atoms with van der Waals surface area (Å²) >= 11 is 0.